The highest BCUT2D eigenvalue weighted by molar-refractivity contribution is 14.0. The third kappa shape index (κ3) is 6.39. The van der Waals surface area contributed by atoms with Gasteiger partial charge in [-0.25, -0.2) is 0 Å². The Bertz CT molecular complexity index is 772. The van der Waals surface area contributed by atoms with Gasteiger partial charge in [0.2, 0.25) is 0 Å². The minimum Gasteiger partial charge on any atom is -0.489 e. The monoisotopic (exact) mass is 499 g/mol. The fourth-order valence-electron chi connectivity index (χ4n) is 3.17. The second kappa shape index (κ2) is 11.9. The summed E-state index contributed by atoms with van der Waals surface area (Å²) < 4.78 is 8.01. The van der Waals surface area contributed by atoms with E-state index in [0.29, 0.717) is 13.1 Å². The number of ether oxygens (including phenoxy) is 1. The quantitative estimate of drug-likeness (QED) is 0.331. The van der Waals surface area contributed by atoms with Crippen LogP contribution in [0.25, 0.3) is 0 Å². The van der Waals surface area contributed by atoms with E-state index in [9.17, 15) is 0 Å². The molecule has 0 radical (unpaired) electrons. The van der Waals surface area contributed by atoms with Crippen LogP contribution in [0.5, 0.6) is 5.75 Å². The molecule has 0 aliphatic carbocycles. The molecule has 0 aliphatic rings. The molecule has 0 amide bonds. The smallest absolute Gasteiger partial charge is 0.191 e. The predicted octanol–water partition coefficient (Wildman–Crippen LogP) is 3.60. The fraction of sp³-hybridized carbons (Fsp3) is 0.524. The van der Waals surface area contributed by atoms with Crippen molar-refractivity contribution in [2.24, 2.45) is 12.0 Å². The van der Waals surface area contributed by atoms with E-state index in [-0.39, 0.29) is 30.1 Å². The van der Waals surface area contributed by atoms with Crippen LogP contribution in [0.3, 0.4) is 0 Å². The number of para-hydroxylation sites is 1. The number of benzene rings is 1. The minimum atomic E-state index is 0. The Morgan fingerprint density at radius 3 is 2.54 bits per heavy atom. The number of nitrogens with one attached hydrogen (secondary N) is 2. The van der Waals surface area contributed by atoms with Gasteiger partial charge in [0.05, 0.1) is 12.2 Å². The summed E-state index contributed by atoms with van der Waals surface area (Å²) >= 11 is 0. The van der Waals surface area contributed by atoms with Crippen LogP contribution in [-0.4, -0.2) is 35.4 Å². The average molecular weight is 499 g/mol. The lowest BCUT2D eigenvalue weighted by atomic mass is 10.1. The molecule has 0 saturated heterocycles. The molecule has 0 bridgehead atoms. The van der Waals surface area contributed by atoms with Gasteiger partial charge in [-0.2, -0.15) is 5.10 Å². The van der Waals surface area contributed by atoms with Crippen LogP contribution in [0.2, 0.25) is 0 Å². The Morgan fingerprint density at radius 2 is 1.93 bits per heavy atom. The second-order valence-corrected chi connectivity index (χ2v) is 6.70. The highest BCUT2D eigenvalue weighted by Gasteiger charge is 2.14. The topological polar surface area (TPSA) is 63.5 Å². The number of hydrogen-bond acceptors (Lipinski definition) is 3. The number of aliphatic imine (C=N–C) groups is 1. The molecule has 1 atom stereocenters. The van der Waals surface area contributed by atoms with Crippen molar-refractivity contribution >= 4 is 29.9 Å². The first kappa shape index (κ1) is 24.3. The normalized spacial score (nSPS) is 12.3. The van der Waals surface area contributed by atoms with Crippen LogP contribution >= 0.6 is 24.0 Å². The standard InChI is InChI=1S/C21H33N5O.HI/c1-7-18-17(19(8-2)26(6)25-18)14-24-21(22-5)23-13-16(4)27-20-12-10-9-11-15(20)3;/h9-12,16H,7-8,13-14H2,1-6H3,(H2,22,23,24);1H. The molecule has 0 aliphatic heterocycles. The highest BCUT2D eigenvalue weighted by Crippen LogP contribution is 2.17. The molecule has 2 N–H and O–H groups in total. The van der Waals surface area contributed by atoms with Gasteiger partial charge in [0.25, 0.3) is 0 Å². The molecule has 0 saturated carbocycles. The molecule has 0 fully saturated rings. The van der Waals surface area contributed by atoms with Crippen molar-refractivity contribution in [1.82, 2.24) is 20.4 Å². The maximum atomic E-state index is 6.02. The van der Waals surface area contributed by atoms with Crippen LogP contribution in [-0.2, 0) is 26.4 Å². The molecular formula is C21H34IN5O. The number of aromatic nitrogens is 2. The van der Waals surface area contributed by atoms with Crippen LogP contribution < -0.4 is 15.4 Å². The first-order chi connectivity index (χ1) is 13.0. The van der Waals surface area contributed by atoms with E-state index in [1.165, 1.54) is 11.3 Å². The van der Waals surface area contributed by atoms with Gasteiger partial charge in [0.15, 0.2) is 5.96 Å². The van der Waals surface area contributed by atoms with E-state index < -0.39 is 0 Å². The number of nitrogens with zero attached hydrogens (tertiary/aromatic N) is 3. The zero-order valence-corrected chi connectivity index (χ0v) is 20.2. The SMILES string of the molecule is CCc1nn(C)c(CC)c1CNC(=NC)NCC(C)Oc1ccccc1C.I. The number of halogens is 1. The lowest BCUT2D eigenvalue weighted by Gasteiger charge is -2.19. The van der Waals surface area contributed by atoms with Gasteiger partial charge in [-0.3, -0.25) is 9.67 Å². The Labute approximate surface area is 186 Å². The van der Waals surface area contributed by atoms with Crippen molar-refractivity contribution in [2.45, 2.75) is 53.2 Å². The van der Waals surface area contributed by atoms with Gasteiger partial charge in [0.1, 0.15) is 11.9 Å². The molecule has 1 aromatic carbocycles. The fourth-order valence-corrected chi connectivity index (χ4v) is 3.17. The zero-order valence-electron chi connectivity index (χ0n) is 17.9. The summed E-state index contributed by atoms with van der Waals surface area (Å²) in [7, 11) is 3.80. The van der Waals surface area contributed by atoms with E-state index in [2.05, 4.69) is 54.5 Å². The number of hydrogen-bond donors (Lipinski definition) is 2. The number of rotatable bonds is 8. The van der Waals surface area contributed by atoms with Gasteiger partial charge in [-0.05, 0) is 38.3 Å². The summed E-state index contributed by atoms with van der Waals surface area (Å²) in [5.41, 5.74) is 4.83. The molecule has 2 rings (SSSR count). The zero-order chi connectivity index (χ0) is 19.8. The molecule has 1 unspecified atom stereocenters. The van der Waals surface area contributed by atoms with E-state index in [1.54, 1.807) is 7.05 Å². The van der Waals surface area contributed by atoms with E-state index in [0.717, 1.165) is 35.8 Å². The van der Waals surface area contributed by atoms with Gasteiger partial charge in [-0.1, -0.05) is 32.0 Å². The largest absolute Gasteiger partial charge is 0.489 e. The van der Waals surface area contributed by atoms with Gasteiger partial charge in [-0.15, -0.1) is 24.0 Å². The Kier molecular flexibility index (Phi) is 10.3. The maximum absolute atomic E-state index is 6.02. The van der Waals surface area contributed by atoms with Crippen molar-refractivity contribution in [3.8, 4) is 5.75 Å². The third-order valence-electron chi connectivity index (χ3n) is 4.66. The number of guanidine groups is 1. The first-order valence-electron chi connectivity index (χ1n) is 9.70. The van der Waals surface area contributed by atoms with Gasteiger partial charge >= 0.3 is 0 Å². The molecule has 1 aromatic heterocycles. The van der Waals surface area contributed by atoms with Crippen LogP contribution in [0.15, 0.2) is 29.3 Å². The molecule has 1 heterocycles. The summed E-state index contributed by atoms with van der Waals surface area (Å²) in [5, 5.41) is 11.4. The first-order valence-corrected chi connectivity index (χ1v) is 9.70. The summed E-state index contributed by atoms with van der Waals surface area (Å²) in [6.07, 6.45) is 1.92. The van der Waals surface area contributed by atoms with Gasteiger partial charge in [0, 0.05) is 31.9 Å². The summed E-state index contributed by atoms with van der Waals surface area (Å²) in [6, 6.07) is 8.07. The minimum absolute atomic E-state index is 0. The second-order valence-electron chi connectivity index (χ2n) is 6.70. The van der Waals surface area contributed by atoms with Crippen LogP contribution in [0, 0.1) is 6.92 Å². The molecule has 2 aromatic rings. The lowest BCUT2D eigenvalue weighted by Crippen LogP contribution is -2.41. The average Bonchev–Trinajstić information content (AvgIpc) is 2.98. The molecule has 156 valence electrons. The van der Waals surface area contributed by atoms with Crippen molar-refractivity contribution in [3.05, 3.63) is 46.8 Å². The van der Waals surface area contributed by atoms with Gasteiger partial charge < -0.3 is 15.4 Å². The molecular weight excluding hydrogens is 465 g/mol. The van der Waals surface area contributed by atoms with E-state index >= 15 is 0 Å². The molecule has 6 nitrogen and oxygen atoms in total. The van der Waals surface area contributed by atoms with Crippen molar-refractivity contribution in [2.75, 3.05) is 13.6 Å². The highest BCUT2D eigenvalue weighted by atomic mass is 127. The molecule has 0 spiro atoms. The van der Waals surface area contributed by atoms with Crippen LogP contribution in [0.4, 0.5) is 0 Å². The van der Waals surface area contributed by atoms with Crippen molar-refractivity contribution in [3.63, 3.8) is 0 Å². The van der Waals surface area contributed by atoms with E-state index in [4.69, 9.17) is 4.74 Å². The summed E-state index contributed by atoms with van der Waals surface area (Å²) in [5.74, 6) is 1.69. The predicted molar refractivity (Wildman–Crippen MR) is 127 cm³/mol. The van der Waals surface area contributed by atoms with Crippen molar-refractivity contribution in [1.29, 1.82) is 0 Å². The van der Waals surface area contributed by atoms with E-state index in [1.807, 2.05) is 29.9 Å². The Hall–Kier alpha value is -1.77. The van der Waals surface area contributed by atoms with Crippen LogP contribution in [0.1, 0.15) is 43.3 Å². The molecule has 7 heteroatoms. The Morgan fingerprint density at radius 1 is 1.21 bits per heavy atom. The Balaban J connectivity index is 0.00000392. The lowest BCUT2D eigenvalue weighted by molar-refractivity contribution is 0.222. The maximum Gasteiger partial charge on any atom is 0.191 e. The summed E-state index contributed by atoms with van der Waals surface area (Å²) in [4.78, 5) is 4.33. The summed E-state index contributed by atoms with van der Waals surface area (Å²) in [6.45, 7) is 9.80. The number of aryl methyl sites for hydroxylation is 3. The third-order valence-corrected chi connectivity index (χ3v) is 4.66. The molecule has 28 heavy (non-hydrogen) atoms. The van der Waals surface area contributed by atoms with Crippen molar-refractivity contribution < 1.29 is 4.74 Å².